The zero-order valence-electron chi connectivity index (χ0n) is 9.08. The zero-order valence-corrected chi connectivity index (χ0v) is 9.90. The Hall–Kier alpha value is -1.20. The second-order valence-electron chi connectivity index (χ2n) is 3.98. The molecule has 0 saturated carbocycles. The number of aryl methyl sites for hydroxylation is 2. The van der Waals surface area contributed by atoms with Crippen molar-refractivity contribution in [3.63, 3.8) is 0 Å². The van der Waals surface area contributed by atoms with Gasteiger partial charge in [-0.25, -0.2) is 9.98 Å². The lowest BCUT2D eigenvalue weighted by Gasteiger charge is -2.22. The lowest BCUT2D eigenvalue weighted by molar-refractivity contribution is -0.144. The summed E-state index contributed by atoms with van der Waals surface area (Å²) in [7, 11) is 0. The van der Waals surface area contributed by atoms with Gasteiger partial charge in [-0.15, -0.1) is 0 Å². The van der Waals surface area contributed by atoms with E-state index < -0.39 is 11.9 Å². The van der Waals surface area contributed by atoms with E-state index in [1.807, 2.05) is 0 Å². The number of imidazole rings is 1. The van der Waals surface area contributed by atoms with Crippen LogP contribution >= 0.6 is 12.2 Å². The number of isothiocyanates is 1. The van der Waals surface area contributed by atoms with Crippen LogP contribution in [-0.2, 0) is 19.1 Å². The Labute approximate surface area is 101 Å². The van der Waals surface area contributed by atoms with E-state index in [4.69, 9.17) is 0 Å². The summed E-state index contributed by atoms with van der Waals surface area (Å²) in [6.07, 6.45) is -3.22. The monoisotopic (exact) mass is 261 g/mol. The first-order chi connectivity index (χ1) is 7.93. The van der Waals surface area contributed by atoms with Gasteiger partial charge in [0.1, 0.15) is 11.5 Å². The average Bonchev–Trinajstić information content (AvgIpc) is 2.53. The summed E-state index contributed by atoms with van der Waals surface area (Å²) < 4.78 is 39.8. The third-order valence-electron chi connectivity index (χ3n) is 2.82. The molecule has 1 aromatic rings. The molecular weight excluding hydrogens is 251 g/mol. The van der Waals surface area contributed by atoms with Crippen LogP contribution in [0.1, 0.15) is 23.6 Å². The zero-order chi connectivity index (χ0) is 12.6. The van der Waals surface area contributed by atoms with Crippen molar-refractivity contribution >= 4 is 17.4 Å². The number of aromatic nitrogens is 2. The number of aliphatic imine (C=N–C) groups is 1. The molecule has 0 aliphatic carbocycles. The molecule has 0 amide bonds. The predicted molar refractivity (Wildman–Crippen MR) is 59.1 cm³/mol. The second-order valence-corrected chi connectivity index (χ2v) is 4.17. The van der Waals surface area contributed by atoms with Crippen molar-refractivity contribution in [3.05, 3.63) is 17.2 Å². The minimum atomic E-state index is -4.38. The summed E-state index contributed by atoms with van der Waals surface area (Å²) in [5.74, 6) is 0.477. The average molecular weight is 261 g/mol. The largest absolute Gasteiger partial charge is 0.433 e. The topological polar surface area (TPSA) is 30.2 Å². The number of fused-ring (bicyclic) bond motifs is 1. The number of thiocarbonyl (C=S) groups is 1. The predicted octanol–water partition coefficient (Wildman–Crippen LogP) is 2.63. The van der Waals surface area contributed by atoms with E-state index >= 15 is 0 Å². The molecule has 1 unspecified atom stereocenters. The standard InChI is InChI=1S/C10H10F3N3S/c1-6-9(10(11,12)13)16-4-7(14-5-17)2-3-8(16)15-6/h7H,2-4H2,1H3. The molecule has 0 aromatic carbocycles. The summed E-state index contributed by atoms with van der Waals surface area (Å²) in [6, 6.07) is -0.227. The van der Waals surface area contributed by atoms with Gasteiger partial charge in [0.2, 0.25) is 0 Å². The van der Waals surface area contributed by atoms with Gasteiger partial charge in [0, 0.05) is 13.0 Å². The van der Waals surface area contributed by atoms with Crippen molar-refractivity contribution in [3.8, 4) is 0 Å². The Bertz CT molecular complexity index is 486. The van der Waals surface area contributed by atoms with Crippen molar-refractivity contribution in [1.29, 1.82) is 0 Å². The van der Waals surface area contributed by atoms with E-state index in [9.17, 15) is 13.2 Å². The van der Waals surface area contributed by atoms with Crippen LogP contribution in [0.15, 0.2) is 4.99 Å². The summed E-state index contributed by atoms with van der Waals surface area (Å²) >= 11 is 4.48. The minimum absolute atomic E-state index is 0.0273. The molecule has 17 heavy (non-hydrogen) atoms. The molecule has 0 spiro atoms. The van der Waals surface area contributed by atoms with Gasteiger partial charge in [-0.2, -0.15) is 13.2 Å². The van der Waals surface area contributed by atoms with Crippen molar-refractivity contribution in [2.45, 2.75) is 38.5 Å². The van der Waals surface area contributed by atoms with Gasteiger partial charge in [0.25, 0.3) is 0 Å². The van der Waals surface area contributed by atoms with Gasteiger partial charge in [-0.3, -0.25) is 0 Å². The molecule has 0 fully saturated rings. The molecule has 1 atom stereocenters. The Morgan fingerprint density at radius 2 is 2.24 bits per heavy atom. The van der Waals surface area contributed by atoms with Crippen molar-refractivity contribution in [2.75, 3.05) is 0 Å². The van der Waals surface area contributed by atoms with Crippen molar-refractivity contribution in [1.82, 2.24) is 9.55 Å². The minimum Gasteiger partial charge on any atom is -0.322 e. The number of nitrogens with zero attached hydrogens (tertiary/aromatic N) is 3. The van der Waals surface area contributed by atoms with Crippen molar-refractivity contribution in [2.24, 2.45) is 4.99 Å². The van der Waals surface area contributed by atoms with Crippen LogP contribution < -0.4 is 0 Å². The fourth-order valence-corrected chi connectivity index (χ4v) is 2.30. The Morgan fingerprint density at radius 1 is 1.53 bits per heavy atom. The summed E-state index contributed by atoms with van der Waals surface area (Å²) in [4.78, 5) is 7.83. The first-order valence-electron chi connectivity index (χ1n) is 5.13. The van der Waals surface area contributed by atoms with Crippen LogP contribution in [0.4, 0.5) is 13.2 Å². The highest BCUT2D eigenvalue weighted by Gasteiger charge is 2.39. The van der Waals surface area contributed by atoms with E-state index in [-0.39, 0.29) is 18.3 Å². The van der Waals surface area contributed by atoms with E-state index in [0.717, 1.165) is 0 Å². The maximum atomic E-state index is 12.9. The number of alkyl halides is 3. The molecule has 3 nitrogen and oxygen atoms in total. The third-order valence-corrected chi connectivity index (χ3v) is 2.92. The van der Waals surface area contributed by atoms with E-state index in [1.54, 1.807) is 0 Å². The molecule has 7 heteroatoms. The van der Waals surface area contributed by atoms with Gasteiger partial charge in [0.15, 0.2) is 0 Å². The normalized spacial score (nSPS) is 19.6. The van der Waals surface area contributed by atoms with Gasteiger partial charge in [-0.05, 0) is 25.6 Å². The highest BCUT2D eigenvalue weighted by Crippen LogP contribution is 2.34. The molecular formula is C10H10F3N3S. The fraction of sp³-hybridized carbons (Fsp3) is 0.600. The second kappa shape index (κ2) is 4.23. The van der Waals surface area contributed by atoms with Crippen LogP contribution in [-0.4, -0.2) is 20.8 Å². The maximum absolute atomic E-state index is 12.9. The molecule has 2 heterocycles. The lowest BCUT2D eigenvalue weighted by Crippen LogP contribution is -2.27. The summed E-state index contributed by atoms with van der Waals surface area (Å²) in [5.41, 5.74) is -0.642. The van der Waals surface area contributed by atoms with Crippen LogP contribution in [0, 0.1) is 6.92 Å². The first-order valence-corrected chi connectivity index (χ1v) is 5.54. The Balaban J connectivity index is 2.44. The van der Waals surface area contributed by atoms with Gasteiger partial charge in [0.05, 0.1) is 16.9 Å². The molecule has 0 N–H and O–H groups in total. The van der Waals surface area contributed by atoms with Gasteiger partial charge < -0.3 is 4.57 Å². The summed E-state index contributed by atoms with van der Waals surface area (Å²) in [5, 5.41) is 2.23. The Kier molecular flexibility index (Phi) is 3.05. The van der Waals surface area contributed by atoms with Crippen LogP contribution in [0.25, 0.3) is 0 Å². The molecule has 0 bridgehead atoms. The van der Waals surface area contributed by atoms with Gasteiger partial charge in [-0.1, -0.05) is 0 Å². The number of halogens is 3. The van der Waals surface area contributed by atoms with E-state index in [2.05, 4.69) is 27.4 Å². The number of hydrogen-bond acceptors (Lipinski definition) is 3. The molecule has 1 aromatic heterocycles. The maximum Gasteiger partial charge on any atom is 0.433 e. The summed E-state index contributed by atoms with van der Waals surface area (Å²) in [6.45, 7) is 1.56. The first kappa shape index (κ1) is 12.3. The molecule has 2 rings (SSSR count). The van der Waals surface area contributed by atoms with E-state index in [0.29, 0.717) is 18.7 Å². The van der Waals surface area contributed by atoms with Crippen LogP contribution in [0.2, 0.25) is 0 Å². The third kappa shape index (κ3) is 2.25. The van der Waals surface area contributed by atoms with Crippen LogP contribution in [0.3, 0.4) is 0 Å². The SMILES string of the molecule is Cc1nc2n(c1C(F)(F)F)CC(N=C=S)CC2. The molecule has 0 radical (unpaired) electrons. The smallest absolute Gasteiger partial charge is 0.322 e. The highest BCUT2D eigenvalue weighted by atomic mass is 32.1. The Morgan fingerprint density at radius 3 is 2.82 bits per heavy atom. The number of hydrogen-bond donors (Lipinski definition) is 0. The van der Waals surface area contributed by atoms with Crippen LogP contribution in [0.5, 0.6) is 0 Å². The fourth-order valence-electron chi connectivity index (χ4n) is 2.15. The molecule has 1 aliphatic rings. The lowest BCUT2D eigenvalue weighted by atomic mass is 10.1. The molecule has 1 aliphatic heterocycles. The van der Waals surface area contributed by atoms with Gasteiger partial charge >= 0.3 is 6.18 Å². The van der Waals surface area contributed by atoms with Crippen molar-refractivity contribution < 1.29 is 13.2 Å². The highest BCUT2D eigenvalue weighted by molar-refractivity contribution is 7.78. The quantitative estimate of drug-likeness (QED) is 0.574. The molecule has 92 valence electrons. The molecule has 0 saturated heterocycles. The number of rotatable bonds is 1. The van der Waals surface area contributed by atoms with E-state index in [1.165, 1.54) is 11.5 Å².